The van der Waals surface area contributed by atoms with Crippen molar-refractivity contribution in [2.75, 3.05) is 13.2 Å². The minimum atomic E-state index is 0. The van der Waals surface area contributed by atoms with E-state index in [1.54, 1.807) is 0 Å². The van der Waals surface area contributed by atoms with Gasteiger partial charge in [0.1, 0.15) is 5.76 Å². The molecule has 0 bridgehead atoms. The van der Waals surface area contributed by atoms with Gasteiger partial charge in [-0.1, -0.05) is 13.8 Å². The maximum atomic E-state index is 5.56. The molecule has 5 heteroatoms. The summed E-state index contributed by atoms with van der Waals surface area (Å²) in [4.78, 5) is 0. The van der Waals surface area contributed by atoms with Crippen LogP contribution in [0, 0.1) is 5.92 Å². The zero-order chi connectivity index (χ0) is 9.97. The molecule has 0 unspecified atom stereocenters. The van der Waals surface area contributed by atoms with E-state index in [1.807, 2.05) is 0 Å². The molecule has 0 fully saturated rings. The first-order chi connectivity index (χ1) is 6.77. The van der Waals surface area contributed by atoms with Crippen molar-refractivity contribution in [3.05, 3.63) is 11.3 Å². The summed E-state index contributed by atoms with van der Waals surface area (Å²) in [6, 6.07) is 0. The van der Waals surface area contributed by atoms with Crippen LogP contribution in [-0.2, 0) is 13.0 Å². The van der Waals surface area contributed by atoms with Crippen LogP contribution >= 0.6 is 12.4 Å². The van der Waals surface area contributed by atoms with Gasteiger partial charge in [0.2, 0.25) is 0 Å². The van der Waals surface area contributed by atoms with Gasteiger partial charge in [0.05, 0.1) is 12.2 Å². The SMILES string of the molecule is CC(C)COc1noc2c1CNCC2.Cl. The molecule has 2 heterocycles. The highest BCUT2D eigenvalue weighted by molar-refractivity contribution is 5.85. The zero-order valence-corrected chi connectivity index (χ0v) is 9.89. The fraction of sp³-hybridized carbons (Fsp3) is 0.700. The third-order valence-corrected chi connectivity index (χ3v) is 2.22. The number of hydrogen-bond acceptors (Lipinski definition) is 4. The smallest absolute Gasteiger partial charge is 0.258 e. The Morgan fingerprint density at radius 3 is 3.07 bits per heavy atom. The molecule has 0 atom stereocenters. The Labute approximate surface area is 95.8 Å². The average molecular weight is 233 g/mol. The average Bonchev–Trinajstić information content (AvgIpc) is 2.58. The maximum Gasteiger partial charge on any atom is 0.258 e. The summed E-state index contributed by atoms with van der Waals surface area (Å²) >= 11 is 0. The third-order valence-electron chi connectivity index (χ3n) is 2.22. The molecule has 1 N–H and O–H groups in total. The standard InChI is InChI=1S/C10H16N2O2.ClH/c1-7(2)6-13-10-8-5-11-4-3-9(8)14-12-10;/h7,11H,3-6H2,1-2H3;1H. The normalized spacial score (nSPS) is 14.6. The van der Waals surface area contributed by atoms with Gasteiger partial charge in [0, 0.05) is 19.5 Å². The van der Waals surface area contributed by atoms with E-state index in [0.717, 1.165) is 30.8 Å². The minimum absolute atomic E-state index is 0. The first kappa shape index (κ1) is 12.3. The van der Waals surface area contributed by atoms with Crippen molar-refractivity contribution in [1.29, 1.82) is 0 Å². The second kappa shape index (κ2) is 5.37. The van der Waals surface area contributed by atoms with Gasteiger partial charge in [-0.3, -0.25) is 0 Å². The molecule has 1 aliphatic rings. The van der Waals surface area contributed by atoms with E-state index in [0.29, 0.717) is 18.4 Å². The summed E-state index contributed by atoms with van der Waals surface area (Å²) < 4.78 is 10.8. The monoisotopic (exact) mass is 232 g/mol. The lowest BCUT2D eigenvalue weighted by Crippen LogP contribution is -2.23. The van der Waals surface area contributed by atoms with Crippen LogP contribution < -0.4 is 10.1 Å². The number of hydrogen-bond donors (Lipinski definition) is 1. The van der Waals surface area contributed by atoms with Crippen LogP contribution in [0.3, 0.4) is 0 Å². The lowest BCUT2D eigenvalue weighted by molar-refractivity contribution is 0.242. The van der Waals surface area contributed by atoms with E-state index in [4.69, 9.17) is 9.26 Å². The first-order valence-corrected chi connectivity index (χ1v) is 5.08. The number of halogens is 1. The molecule has 0 saturated heterocycles. The summed E-state index contributed by atoms with van der Waals surface area (Å²) in [5.41, 5.74) is 1.09. The predicted molar refractivity (Wildman–Crippen MR) is 59.5 cm³/mol. The highest BCUT2D eigenvalue weighted by Crippen LogP contribution is 2.24. The molecule has 0 spiro atoms. The van der Waals surface area contributed by atoms with Crippen LogP contribution in [0.2, 0.25) is 0 Å². The summed E-state index contributed by atoms with van der Waals surface area (Å²) in [5.74, 6) is 2.15. The summed E-state index contributed by atoms with van der Waals surface area (Å²) in [5, 5.41) is 7.21. The van der Waals surface area contributed by atoms with Gasteiger partial charge in [0.25, 0.3) is 5.88 Å². The lowest BCUT2D eigenvalue weighted by Gasteiger charge is -2.11. The van der Waals surface area contributed by atoms with Crippen molar-refractivity contribution < 1.29 is 9.26 Å². The van der Waals surface area contributed by atoms with Gasteiger partial charge >= 0.3 is 0 Å². The van der Waals surface area contributed by atoms with Gasteiger partial charge in [-0.15, -0.1) is 12.4 Å². The Bertz CT molecular complexity index is 312. The Balaban J connectivity index is 0.00000112. The molecule has 0 saturated carbocycles. The number of nitrogens with zero attached hydrogens (tertiary/aromatic N) is 1. The van der Waals surface area contributed by atoms with Crippen molar-refractivity contribution in [3.8, 4) is 5.88 Å². The second-order valence-electron chi connectivity index (χ2n) is 4.02. The highest BCUT2D eigenvalue weighted by atomic mass is 35.5. The third kappa shape index (κ3) is 2.86. The zero-order valence-electron chi connectivity index (χ0n) is 9.08. The van der Waals surface area contributed by atoms with E-state index in [1.165, 1.54) is 0 Å². The van der Waals surface area contributed by atoms with Crippen LogP contribution in [0.5, 0.6) is 5.88 Å². The number of ether oxygens (including phenoxy) is 1. The van der Waals surface area contributed by atoms with Crippen LogP contribution in [0.4, 0.5) is 0 Å². The maximum absolute atomic E-state index is 5.56. The molecule has 15 heavy (non-hydrogen) atoms. The predicted octanol–water partition coefficient (Wildman–Crippen LogP) is 1.78. The first-order valence-electron chi connectivity index (χ1n) is 5.08. The van der Waals surface area contributed by atoms with Crippen LogP contribution in [0.25, 0.3) is 0 Å². The number of nitrogens with one attached hydrogen (secondary N) is 1. The van der Waals surface area contributed by atoms with E-state index in [9.17, 15) is 0 Å². The molecule has 86 valence electrons. The molecule has 1 aliphatic heterocycles. The quantitative estimate of drug-likeness (QED) is 0.863. The molecular formula is C10H17ClN2O2. The molecular weight excluding hydrogens is 216 g/mol. The van der Waals surface area contributed by atoms with E-state index in [-0.39, 0.29) is 12.4 Å². The Morgan fingerprint density at radius 1 is 1.53 bits per heavy atom. The molecule has 0 radical (unpaired) electrons. The molecule has 4 nitrogen and oxygen atoms in total. The van der Waals surface area contributed by atoms with E-state index < -0.39 is 0 Å². The Hall–Kier alpha value is -0.740. The van der Waals surface area contributed by atoms with Crippen molar-refractivity contribution in [3.63, 3.8) is 0 Å². The topological polar surface area (TPSA) is 47.3 Å². The molecule has 0 amide bonds. The Morgan fingerprint density at radius 2 is 2.33 bits per heavy atom. The van der Waals surface area contributed by atoms with Gasteiger partial charge in [-0.2, -0.15) is 0 Å². The van der Waals surface area contributed by atoms with Crippen molar-refractivity contribution in [2.45, 2.75) is 26.8 Å². The van der Waals surface area contributed by atoms with Crippen molar-refractivity contribution >= 4 is 12.4 Å². The largest absolute Gasteiger partial charge is 0.475 e. The second-order valence-corrected chi connectivity index (χ2v) is 4.02. The Kier molecular flexibility index (Phi) is 4.42. The molecule has 1 aromatic heterocycles. The molecule has 0 aromatic carbocycles. The fourth-order valence-electron chi connectivity index (χ4n) is 1.47. The number of fused-ring (bicyclic) bond motifs is 1. The van der Waals surface area contributed by atoms with E-state index in [2.05, 4.69) is 24.3 Å². The molecule has 0 aliphatic carbocycles. The van der Waals surface area contributed by atoms with Crippen molar-refractivity contribution in [2.24, 2.45) is 5.92 Å². The fourth-order valence-corrected chi connectivity index (χ4v) is 1.47. The molecule has 2 rings (SSSR count). The van der Waals surface area contributed by atoms with Gasteiger partial charge in [-0.25, -0.2) is 0 Å². The summed E-state index contributed by atoms with van der Waals surface area (Å²) in [6.07, 6.45) is 0.910. The highest BCUT2D eigenvalue weighted by Gasteiger charge is 2.20. The van der Waals surface area contributed by atoms with Gasteiger partial charge in [-0.05, 0) is 11.1 Å². The van der Waals surface area contributed by atoms with Gasteiger partial charge in [0.15, 0.2) is 0 Å². The molecule has 1 aromatic rings. The van der Waals surface area contributed by atoms with E-state index >= 15 is 0 Å². The summed E-state index contributed by atoms with van der Waals surface area (Å²) in [6.45, 7) is 6.70. The van der Waals surface area contributed by atoms with Crippen LogP contribution in [0.15, 0.2) is 4.52 Å². The lowest BCUT2D eigenvalue weighted by atomic mass is 10.1. The van der Waals surface area contributed by atoms with Crippen LogP contribution in [-0.4, -0.2) is 18.3 Å². The van der Waals surface area contributed by atoms with Crippen LogP contribution in [0.1, 0.15) is 25.2 Å². The summed E-state index contributed by atoms with van der Waals surface area (Å²) in [7, 11) is 0. The minimum Gasteiger partial charge on any atom is -0.475 e. The number of aromatic nitrogens is 1. The van der Waals surface area contributed by atoms with Crippen molar-refractivity contribution in [1.82, 2.24) is 10.5 Å². The van der Waals surface area contributed by atoms with Gasteiger partial charge < -0.3 is 14.6 Å². The number of rotatable bonds is 3.